The van der Waals surface area contributed by atoms with E-state index < -0.39 is 21.7 Å². The van der Waals surface area contributed by atoms with Gasteiger partial charge in [-0.1, -0.05) is 35.3 Å². The van der Waals surface area contributed by atoms with Crippen molar-refractivity contribution in [2.24, 2.45) is 0 Å². The first-order valence-corrected chi connectivity index (χ1v) is 14.1. The zero-order valence-electron chi connectivity index (χ0n) is 20.0. The largest absolute Gasteiger partial charge is 0.322 e. The van der Waals surface area contributed by atoms with Crippen molar-refractivity contribution in [1.29, 1.82) is 0 Å². The molecule has 2 fully saturated rings. The molecule has 2 aliphatic rings. The zero-order valence-corrected chi connectivity index (χ0v) is 22.3. The van der Waals surface area contributed by atoms with Crippen molar-refractivity contribution < 1.29 is 22.0 Å². The predicted octanol–water partition coefficient (Wildman–Crippen LogP) is 3.87. The highest BCUT2D eigenvalue weighted by Crippen LogP contribution is 2.35. The van der Waals surface area contributed by atoms with Crippen LogP contribution in [0.15, 0.2) is 36.4 Å². The Morgan fingerprint density at radius 1 is 0.972 bits per heavy atom. The van der Waals surface area contributed by atoms with Gasteiger partial charge in [-0.15, -0.1) is 0 Å². The van der Waals surface area contributed by atoms with E-state index in [0.29, 0.717) is 48.3 Å². The number of carbonyl (C=O) groups excluding carboxylic acids is 1. The Kier molecular flexibility index (Phi) is 8.11. The van der Waals surface area contributed by atoms with E-state index in [0.717, 1.165) is 11.6 Å². The summed E-state index contributed by atoms with van der Waals surface area (Å²) < 4.78 is 52.2. The van der Waals surface area contributed by atoms with E-state index >= 15 is 0 Å². The number of sulfonamides is 1. The Labute approximate surface area is 220 Å². The summed E-state index contributed by atoms with van der Waals surface area (Å²) in [6.07, 6.45) is 1.17. The molecule has 2 saturated heterocycles. The molecule has 2 aromatic carbocycles. The molecule has 7 nitrogen and oxygen atoms in total. The highest BCUT2D eigenvalue weighted by atomic mass is 35.5. The standard InChI is InChI=1S/C24H28Cl2F2N4O3S/c1-29(13-16-3-6-21(27)22(28)11-16)23-15-31(14-18(23)17-4-5-19(25)20(26)12-17)24(33)30-7-9-32(10-8-30)36(2,34)35/h3-6,11-12,18,23H,7-10,13-15H2,1-2H3. The van der Waals surface area contributed by atoms with E-state index in [1.807, 2.05) is 18.0 Å². The average Bonchev–Trinajstić information content (AvgIpc) is 3.28. The molecule has 0 radical (unpaired) electrons. The normalized spacial score (nSPS) is 21.4. The van der Waals surface area contributed by atoms with Crippen molar-refractivity contribution >= 4 is 39.3 Å². The Bertz CT molecular complexity index is 1240. The maximum absolute atomic E-state index is 13.8. The van der Waals surface area contributed by atoms with Crippen molar-refractivity contribution in [3.63, 3.8) is 0 Å². The molecule has 0 spiro atoms. The van der Waals surface area contributed by atoms with Crippen molar-refractivity contribution in [2.75, 3.05) is 52.6 Å². The van der Waals surface area contributed by atoms with Gasteiger partial charge in [-0.05, 0) is 42.4 Å². The maximum Gasteiger partial charge on any atom is 0.320 e. The number of likely N-dealkylation sites (tertiary alicyclic amines) is 1. The molecule has 0 N–H and O–H groups in total. The Morgan fingerprint density at radius 3 is 2.28 bits per heavy atom. The van der Waals surface area contributed by atoms with Crippen LogP contribution in [0.4, 0.5) is 13.6 Å². The van der Waals surface area contributed by atoms with Crippen LogP contribution in [0, 0.1) is 11.6 Å². The monoisotopic (exact) mass is 560 g/mol. The van der Waals surface area contributed by atoms with Gasteiger partial charge in [0, 0.05) is 57.8 Å². The number of piperazine rings is 1. The third-order valence-electron chi connectivity index (χ3n) is 6.89. The van der Waals surface area contributed by atoms with Gasteiger partial charge in [0.2, 0.25) is 10.0 Å². The van der Waals surface area contributed by atoms with E-state index in [1.54, 1.807) is 28.0 Å². The summed E-state index contributed by atoms with van der Waals surface area (Å²) in [6.45, 7) is 2.34. The molecule has 196 valence electrons. The van der Waals surface area contributed by atoms with E-state index in [-0.39, 0.29) is 31.1 Å². The van der Waals surface area contributed by atoms with Gasteiger partial charge in [0.15, 0.2) is 11.6 Å². The van der Waals surface area contributed by atoms with Gasteiger partial charge < -0.3 is 9.80 Å². The molecule has 0 saturated carbocycles. The maximum atomic E-state index is 13.8. The predicted molar refractivity (Wildman–Crippen MR) is 136 cm³/mol. The summed E-state index contributed by atoms with van der Waals surface area (Å²) in [7, 11) is -1.42. The number of benzene rings is 2. The van der Waals surface area contributed by atoms with Gasteiger partial charge in [0.1, 0.15) is 0 Å². The second-order valence-corrected chi connectivity index (χ2v) is 12.1. The Hall–Kier alpha value is -1.98. The molecule has 2 heterocycles. The summed E-state index contributed by atoms with van der Waals surface area (Å²) in [5, 5.41) is 0.847. The van der Waals surface area contributed by atoms with Crippen LogP contribution in [0.2, 0.25) is 10.0 Å². The van der Waals surface area contributed by atoms with Crippen LogP contribution in [0.1, 0.15) is 17.0 Å². The first-order valence-electron chi connectivity index (χ1n) is 11.5. The topological polar surface area (TPSA) is 64.2 Å². The van der Waals surface area contributed by atoms with E-state index in [4.69, 9.17) is 23.2 Å². The number of halogens is 4. The number of urea groups is 1. The molecule has 0 bridgehead atoms. The summed E-state index contributed by atoms with van der Waals surface area (Å²) in [4.78, 5) is 18.8. The van der Waals surface area contributed by atoms with Crippen LogP contribution in [-0.2, 0) is 16.6 Å². The van der Waals surface area contributed by atoms with Crippen LogP contribution in [0.5, 0.6) is 0 Å². The van der Waals surface area contributed by atoms with Crippen molar-refractivity contribution in [3.05, 3.63) is 69.2 Å². The fourth-order valence-corrected chi connectivity index (χ4v) is 6.05. The van der Waals surface area contributed by atoms with Gasteiger partial charge in [-0.3, -0.25) is 4.90 Å². The second kappa shape index (κ2) is 10.8. The van der Waals surface area contributed by atoms with Crippen molar-refractivity contribution in [1.82, 2.24) is 19.0 Å². The van der Waals surface area contributed by atoms with Gasteiger partial charge in [-0.2, -0.15) is 4.31 Å². The Balaban J connectivity index is 1.53. The first-order chi connectivity index (χ1) is 16.9. The first kappa shape index (κ1) is 27.1. The van der Waals surface area contributed by atoms with Crippen LogP contribution in [0.25, 0.3) is 0 Å². The van der Waals surface area contributed by atoms with Crippen molar-refractivity contribution in [3.8, 4) is 0 Å². The summed E-state index contributed by atoms with van der Waals surface area (Å²) in [5.41, 5.74) is 1.54. The molecular formula is C24H28Cl2F2N4O3S. The van der Waals surface area contributed by atoms with Crippen molar-refractivity contribution in [2.45, 2.75) is 18.5 Å². The van der Waals surface area contributed by atoms with Gasteiger partial charge in [0.05, 0.1) is 16.3 Å². The highest BCUT2D eigenvalue weighted by Gasteiger charge is 2.40. The summed E-state index contributed by atoms with van der Waals surface area (Å²) in [6, 6.07) is 8.95. The van der Waals surface area contributed by atoms with E-state index in [9.17, 15) is 22.0 Å². The molecule has 2 amide bonds. The molecule has 0 aliphatic carbocycles. The highest BCUT2D eigenvalue weighted by molar-refractivity contribution is 7.88. The lowest BCUT2D eigenvalue weighted by Crippen LogP contribution is -2.53. The number of amides is 2. The lowest BCUT2D eigenvalue weighted by Gasteiger charge is -2.35. The van der Waals surface area contributed by atoms with Crippen LogP contribution >= 0.6 is 23.2 Å². The molecule has 2 aromatic rings. The van der Waals surface area contributed by atoms with E-state index in [2.05, 4.69) is 0 Å². The minimum atomic E-state index is -3.30. The fourth-order valence-electron chi connectivity index (χ4n) is 4.91. The molecule has 2 unspecified atom stereocenters. The van der Waals surface area contributed by atoms with Crippen LogP contribution in [0.3, 0.4) is 0 Å². The number of rotatable bonds is 5. The minimum Gasteiger partial charge on any atom is -0.322 e. The number of carbonyl (C=O) groups is 1. The fraction of sp³-hybridized carbons (Fsp3) is 0.458. The average molecular weight is 561 g/mol. The van der Waals surface area contributed by atoms with Crippen LogP contribution in [-0.4, -0.2) is 92.1 Å². The smallest absolute Gasteiger partial charge is 0.320 e. The van der Waals surface area contributed by atoms with Gasteiger partial charge in [0.25, 0.3) is 0 Å². The second-order valence-electron chi connectivity index (χ2n) is 9.35. The molecular weight excluding hydrogens is 533 g/mol. The lowest BCUT2D eigenvalue weighted by molar-refractivity contribution is 0.138. The number of likely N-dealkylation sites (N-methyl/N-ethyl adjacent to an activating group) is 1. The summed E-state index contributed by atoms with van der Waals surface area (Å²) >= 11 is 12.4. The SMILES string of the molecule is CN(Cc1ccc(F)c(F)c1)C1CN(C(=O)N2CCN(S(C)(=O)=O)CC2)CC1c1ccc(Cl)c(Cl)c1. The number of nitrogens with zero attached hydrogens (tertiary/aromatic N) is 4. The zero-order chi connectivity index (χ0) is 26.2. The van der Waals surface area contributed by atoms with E-state index in [1.165, 1.54) is 16.6 Å². The molecule has 4 rings (SSSR count). The third kappa shape index (κ3) is 5.94. The molecule has 0 aromatic heterocycles. The quantitative estimate of drug-likeness (QED) is 0.557. The Morgan fingerprint density at radius 2 is 1.67 bits per heavy atom. The summed E-state index contributed by atoms with van der Waals surface area (Å²) in [5.74, 6) is -1.90. The van der Waals surface area contributed by atoms with Gasteiger partial charge in [-0.25, -0.2) is 22.0 Å². The molecule has 2 atom stereocenters. The number of hydrogen-bond acceptors (Lipinski definition) is 4. The third-order valence-corrected chi connectivity index (χ3v) is 8.93. The lowest BCUT2D eigenvalue weighted by atomic mass is 9.93. The van der Waals surface area contributed by atoms with Crippen LogP contribution < -0.4 is 0 Å². The molecule has 2 aliphatic heterocycles. The minimum absolute atomic E-state index is 0.101. The molecule has 36 heavy (non-hydrogen) atoms. The van der Waals surface area contributed by atoms with Gasteiger partial charge >= 0.3 is 6.03 Å². The number of hydrogen-bond donors (Lipinski definition) is 0. The molecule has 12 heteroatoms.